The average Bonchev–Trinajstić information content (AvgIpc) is 3.25. The number of benzene rings is 1. The van der Waals surface area contributed by atoms with Gasteiger partial charge in [0.15, 0.2) is 10.3 Å². The largest absolute Gasteiger partial charge is 0.325 e. The van der Waals surface area contributed by atoms with Crippen molar-refractivity contribution in [3.63, 3.8) is 0 Å². The van der Waals surface area contributed by atoms with Crippen molar-refractivity contribution in [1.29, 1.82) is 0 Å². The summed E-state index contributed by atoms with van der Waals surface area (Å²) in [5.41, 5.74) is 2.69. The molecule has 0 bridgehead atoms. The van der Waals surface area contributed by atoms with Crippen molar-refractivity contribution in [1.82, 2.24) is 19.7 Å². The number of hydrogen-bond acceptors (Lipinski definition) is 7. The number of nitrogens with zero attached hydrogens (tertiary/aromatic N) is 4. The molecule has 164 valence electrons. The molecule has 10 heteroatoms. The van der Waals surface area contributed by atoms with Gasteiger partial charge in [-0.3, -0.25) is 9.59 Å². The van der Waals surface area contributed by atoms with Crippen molar-refractivity contribution in [2.24, 2.45) is 0 Å². The van der Waals surface area contributed by atoms with Crippen molar-refractivity contribution in [3.05, 3.63) is 46.2 Å². The summed E-state index contributed by atoms with van der Waals surface area (Å²) >= 11 is 2.77. The summed E-state index contributed by atoms with van der Waals surface area (Å²) in [6, 6.07) is 7.62. The minimum atomic E-state index is -0.396. The Bertz CT molecular complexity index is 1070. The van der Waals surface area contributed by atoms with Crippen LogP contribution in [0.5, 0.6) is 0 Å². The van der Waals surface area contributed by atoms with Crippen LogP contribution in [0.25, 0.3) is 0 Å². The fourth-order valence-electron chi connectivity index (χ4n) is 2.85. The lowest BCUT2D eigenvalue weighted by molar-refractivity contribution is -0.116. The molecule has 2 heterocycles. The summed E-state index contributed by atoms with van der Waals surface area (Å²) in [4.78, 5) is 30.5. The van der Waals surface area contributed by atoms with E-state index in [0.29, 0.717) is 22.7 Å². The summed E-state index contributed by atoms with van der Waals surface area (Å²) in [6.07, 6.45) is 0.105. The zero-order chi connectivity index (χ0) is 22.5. The van der Waals surface area contributed by atoms with Crippen LogP contribution < -0.4 is 10.6 Å². The highest BCUT2D eigenvalue weighted by Gasteiger charge is 2.22. The predicted molar refractivity (Wildman–Crippen MR) is 125 cm³/mol. The van der Waals surface area contributed by atoms with E-state index >= 15 is 0 Å². The number of thioether (sulfide) groups is 1. The molecule has 1 aromatic carbocycles. The van der Waals surface area contributed by atoms with E-state index in [4.69, 9.17) is 0 Å². The summed E-state index contributed by atoms with van der Waals surface area (Å²) < 4.78 is 1.86. The van der Waals surface area contributed by atoms with Gasteiger partial charge in [0.2, 0.25) is 11.8 Å². The van der Waals surface area contributed by atoms with E-state index in [-0.39, 0.29) is 18.2 Å². The second-order valence-electron chi connectivity index (χ2n) is 7.09. The van der Waals surface area contributed by atoms with Crippen LogP contribution in [0.15, 0.2) is 29.4 Å². The zero-order valence-electron chi connectivity index (χ0n) is 18.2. The highest BCUT2D eigenvalue weighted by molar-refractivity contribution is 8.00. The zero-order valence-corrected chi connectivity index (χ0v) is 19.9. The molecule has 2 aromatic heterocycles. The maximum Gasteiger partial charge on any atom is 0.239 e. The molecule has 0 fully saturated rings. The summed E-state index contributed by atoms with van der Waals surface area (Å²) in [6.45, 7) is 10.2. The molecule has 0 saturated carbocycles. The van der Waals surface area contributed by atoms with Crippen LogP contribution in [0.4, 0.5) is 10.8 Å². The number of anilines is 2. The molecule has 31 heavy (non-hydrogen) atoms. The highest BCUT2D eigenvalue weighted by atomic mass is 32.2. The standard InChI is InChI=1S/C21H26N6O2S2/c1-6-27-17(11-18(28)23-16-10-8-7-9-12(16)2)25-26-21(27)31-15(5)19(29)24-20-22-13(3)14(4)30-20/h7-10,15H,6,11H2,1-5H3,(H,23,28)(H,22,24,29)/t15-/m0/s1. The van der Waals surface area contributed by atoms with Crippen LogP contribution in [0.1, 0.15) is 35.8 Å². The Morgan fingerprint density at radius 3 is 2.55 bits per heavy atom. The van der Waals surface area contributed by atoms with Crippen LogP contribution in [0.3, 0.4) is 0 Å². The first-order chi connectivity index (χ1) is 14.8. The Kier molecular flexibility index (Phi) is 7.45. The van der Waals surface area contributed by atoms with E-state index in [1.807, 2.05) is 63.5 Å². The normalized spacial score (nSPS) is 11.9. The average molecular weight is 459 g/mol. The molecule has 0 radical (unpaired) electrons. The molecular weight excluding hydrogens is 432 g/mol. The van der Waals surface area contributed by atoms with Gasteiger partial charge in [-0.2, -0.15) is 0 Å². The first kappa shape index (κ1) is 23.0. The molecule has 0 aliphatic heterocycles. The third kappa shape index (κ3) is 5.71. The first-order valence-corrected chi connectivity index (χ1v) is 11.7. The Morgan fingerprint density at radius 1 is 1.16 bits per heavy atom. The van der Waals surface area contributed by atoms with Crippen molar-refractivity contribution >= 4 is 45.7 Å². The number of nitrogens with one attached hydrogen (secondary N) is 2. The molecule has 0 aliphatic carbocycles. The number of carbonyl (C=O) groups excluding carboxylic acids is 2. The highest BCUT2D eigenvalue weighted by Crippen LogP contribution is 2.26. The SMILES string of the molecule is CCn1c(CC(=O)Nc2ccccc2C)nnc1S[C@@H](C)C(=O)Nc1nc(C)c(C)s1. The minimum Gasteiger partial charge on any atom is -0.325 e. The van der Waals surface area contributed by atoms with Crippen molar-refractivity contribution < 1.29 is 9.59 Å². The van der Waals surface area contributed by atoms with Crippen molar-refractivity contribution in [3.8, 4) is 0 Å². The predicted octanol–water partition coefficient (Wildman–Crippen LogP) is 3.98. The molecule has 0 aliphatic rings. The van der Waals surface area contributed by atoms with E-state index in [9.17, 15) is 9.59 Å². The van der Waals surface area contributed by atoms with E-state index in [0.717, 1.165) is 21.8 Å². The van der Waals surface area contributed by atoms with Gasteiger partial charge in [0.25, 0.3) is 0 Å². The quantitative estimate of drug-likeness (QED) is 0.495. The number of hydrogen-bond donors (Lipinski definition) is 2. The second-order valence-corrected chi connectivity index (χ2v) is 9.60. The number of aromatic nitrogens is 4. The number of para-hydroxylation sites is 1. The fourth-order valence-corrected chi connectivity index (χ4v) is 4.60. The van der Waals surface area contributed by atoms with E-state index in [1.54, 1.807) is 0 Å². The molecule has 0 spiro atoms. The van der Waals surface area contributed by atoms with Gasteiger partial charge in [-0.1, -0.05) is 30.0 Å². The first-order valence-electron chi connectivity index (χ1n) is 9.97. The van der Waals surface area contributed by atoms with Crippen molar-refractivity contribution in [2.75, 3.05) is 10.6 Å². The van der Waals surface area contributed by atoms with E-state index < -0.39 is 5.25 Å². The fraction of sp³-hybridized carbons (Fsp3) is 0.381. The molecule has 0 saturated heterocycles. The summed E-state index contributed by atoms with van der Waals surface area (Å²) in [7, 11) is 0. The second kappa shape index (κ2) is 10.1. The number of amides is 2. The molecule has 3 rings (SSSR count). The van der Waals surface area contributed by atoms with Crippen LogP contribution in [0, 0.1) is 20.8 Å². The van der Waals surface area contributed by atoms with Crippen molar-refractivity contribution in [2.45, 2.75) is 58.0 Å². The van der Waals surface area contributed by atoms with E-state index in [2.05, 4.69) is 25.8 Å². The Balaban J connectivity index is 1.64. The molecule has 1 atom stereocenters. The minimum absolute atomic E-state index is 0.105. The molecule has 3 aromatic rings. The third-order valence-electron chi connectivity index (χ3n) is 4.76. The lowest BCUT2D eigenvalue weighted by Crippen LogP contribution is -2.23. The van der Waals surface area contributed by atoms with Crippen LogP contribution in [-0.4, -0.2) is 36.8 Å². The molecule has 2 N–H and O–H groups in total. The van der Waals surface area contributed by atoms with Crippen LogP contribution in [-0.2, 0) is 22.6 Å². The molecule has 2 amide bonds. The monoisotopic (exact) mass is 458 g/mol. The summed E-state index contributed by atoms with van der Waals surface area (Å²) in [5, 5.41) is 15.0. The van der Waals surface area contributed by atoms with E-state index in [1.165, 1.54) is 23.1 Å². The molecule has 0 unspecified atom stereocenters. The van der Waals surface area contributed by atoms with Gasteiger partial charge >= 0.3 is 0 Å². The van der Waals surface area contributed by atoms with Gasteiger partial charge in [-0.15, -0.1) is 21.5 Å². The van der Waals surface area contributed by atoms with Crippen LogP contribution >= 0.6 is 23.1 Å². The maximum absolute atomic E-state index is 12.6. The number of rotatable bonds is 8. The lowest BCUT2D eigenvalue weighted by atomic mass is 10.2. The lowest BCUT2D eigenvalue weighted by Gasteiger charge is -2.12. The number of aryl methyl sites for hydroxylation is 3. The topological polar surface area (TPSA) is 102 Å². The Morgan fingerprint density at radius 2 is 1.90 bits per heavy atom. The number of carbonyl (C=O) groups is 2. The summed E-state index contributed by atoms with van der Waals surface area (Å²) in [5.74, 6) is 0.256. The number of thiazole rings is 1. The third-order valence-corrected chi connectivity index (χ3v) is 6.83. The Labute approximate surface area is 189 Å². The van der Waals surface area contributed by atoms with Gasteiger partial charge in [0.1, 0.15) is 5.82 Å². The maximum atomic E-state index is 12.6. The van der Waals surface area contributed by atoms with Gasteiger partial charge in [-0.05, 0) is 46.2 Å². The van der Waals surface area contributed by atoms with Gasteiger partial charge in [0.05, 0.1) is 17.4 Å². The van der Waals surface area contributed by atoms with Gasteiger partial charge in [-0.25, -0.2) is 4.98 Å². The smallest absolute Gasteiger partial charge is 0.239 e. The van der Waals surface area contributed by atoms with Gasteiger partial charge in [0, 0.05) is 17.1 Å². The Hall–Kier alpha value is -2.72. The van der Waals surface area contributed by atoms with Crippen LogP contribution in [0.2, 0.25) is 0 Å². The molecular formula is C21H26N6O2S2. The van der Waals surface area contributed by atoms with Gasteiger partial charge < -0.3 is 15.2 Å². The molecule has 8 nitrogen and oxygen atoms in total.